The predicted octanol–water partition coefficient (Wildman–Crippen LogP) is -2.80. The van der Waals surface area contributed by atoms with Crippen LogP contribution in [0.2, 0.25) is 0 Å². The van der Waals surface area contributed by atoms with E-state index in [1.54, 1.807) is 13.8 Å². The van der Waals surface area contributed by atoms with Crippen LogP contribution in [0.1, 0.15) is 13.8 Å². The SMILES string of the molecule is CC1=NCCNC(C)=C1O[Cl+3]([O-])([O-])[O-]. The highest BCUT2D eigenvalue weighted by atomic mass is 35.7. The Hall–Kier alpha value is -0.820. The van der Waals surface area contributed by atoms with Crippen molar-refractivity contribution in [3.8, 4) is 0 Å². The van der Waals surface area contributed by atoms with Gasteiger partial charge >= 0.3 is 5.76 Å². The Balaban J connectivity index is 2.90. The third-order valence-electron chi connectivity index (χ3n) is 1.69. The molecule has 0 saturated carbocycles. The standard InChI is InChI=1S/C7H11ClN2O4/c1-5-7(14-8(11,12)13)6(2)10-4-3-9-5/h9H,3-4H2,1-2H3. The second-order valence-electron chi connectivity index (χ2n) is 2.80. The maximum Gasteiger partial charge on any atom is 0.327 e. The number of nitrogens with one attached hydrogen (secondary N) is 1. The lowest BCUT2D eigenvalue weighted by atomic mass is 10.3. The molecule has 80 valence electrons. The van der Waals surface area contributed by atoms with Gasteiger partial charge in [-0.05, 0) is 13.8 Å². The molecule has 0 bridgehead atoms. The number of aliphatic imine (C=N–C) groups is 1. The van der Waals surface area contributed by atoms with Gasteiger partial charge in [0.25, 0.3) is 0 Å². The van der Waals surface area contributed by atoms with Gasteiger partial charge in [0.1, 0.15) is 10.2 Å². The van der Waals surface area contributed by atoms with Crippen molar-refractivity contribution in [2.75, 3.05) is 13.1 Å². The summed E-state index contributed by atoms with van der Waals surface area (Å²) in [6, 6.07) is 0. The monoisotopic (exact) mass is 222 g/mol. The Labute approximate surface area is 83.6 Å². The third-order valence-corrected chi connectivity index (χ3v) is 2.04. The summed E-state index contributed by atoms with van der Waals surface area (Å²) in [4.78, 5) is 4.00. The second-order valence-corrected chi connectivity index (χ2v) is 3.71. The minimum absolute atomic E-state index is 0.0147. The first-order chi connectivity index (χ1) is 6.40. The van der Waals surface area contributed by atoms with Crippen LogP contribution in [-0.4, -0.2) is 18.8 Å². The summed E-state index contributed by atoms with van der Waals surface area (Å²) < 4.78 is 35.4. The summed E-state index contributed by atoms with van der Waals surface area (Å²) in [5.74, 6) is -0.0147. The molecule has 7 heteroatoms. The van der Waals surface area contributed by atoms with E-state index in [2.05, 4.69) is 14.6 Å². The third kappa shape index (κ3) is 3.15. The molecule has 1 N–H and O–H groups in total. The number of hydrogen-bond acceptors (Lipinski definition) is 6. The van der Waals surface area contributed by atoms with E-state index in [-0.39, 0.29) is 5.76 Å². The lowest BCUT2D eigenvalue weighted by Crippen LogP contribution is -2.61. The quantitative estimate of drug-likeness (QED) is 0.544. The zero-order valence-electron chi connectivity index (χ0n) is 7.87. The number of hydrogen-bond donors (Lipinski definition) is 1. The van der Waals surface area contributed by atoms with Crippen molar-refractivity contribution in [1.29, 1.82) is 0 Å². The molecule has 0 aliphatic carbocycles. The van der Waals surface area contributed by atoms with Crippen molar-refractivity contribution in [1.82, 2.24) is 5.32 Å². The second kappa shape index (κ2) is 4.14. The predicted molar refractivity (Wildman–Crippen MR) is 39.8 cm³/mol. The molecule has 1 aliphatic heterocycles. The lowest BCUT2D eigenvalue weighted by Gasteiger charge is -2.14. The summed E-state index contributed by atoms with van der Waals surface area (Å²) in [7, 11) is -4.46. The Bertz CT molecular complexity index is 282. The Morgan fingerprint density at radius 3 is 2.57 bits per heavy atom. The molecule has 0 radical (unpaired) electrons. The largest absolute Gasteiger partial charge is 0.383 e. The highest BCUT2D eigenvalue weighted by Gasteiger charge is 2.27. The van der Waals surface area contributed by atoms with Gasteiger partial charge in [-0.3, -0.25) is 4.99 Å². The van der Waals surface area contributed by atoms with Gasteiger partial charge in [-0.25, -0.2) is 0 Å². The molecule has 0 amide bonds. The van der Waals surface area contributed by atoms with Crippen molar-refractivity contribution in [3.63, 3.8) is 0 Å². The van der Waals surface area contributed by atoms with Crippen molar-refractivity contribution >= 4 is 5.71 Å². The average Bonchev–Trinajstić information content (AvgIpc) is 2.17. The van der Waals surface area contributed by atoms with Crippen LogP contribution in [0.15, 0.2) is 16.4 Å². The molecule has 0 unspecified atom stereocenters. The molecule has 1 rings (SSSR count). The van der Waals surface area contributed by atoms with Crippen LogP contribution in [0.25, 0.3) is 0 Å². The van der Waals surface area contributed by atoms with Crippen LogP contribution >= 0.6 is 0 Å². The minimum Gasteiger partial charge on any atom is -0.383 e. The lowest BCUT2D eigenvalue weighted by molar-refractivity contribution is -1.92. The van der Waals surface area contributed by atoms with E-state index >= 15 is 0 Å². The van der Waals surface area contributed by atoms with Gasteiger partial charge in [0, 0.05) is 6.54 Å². The molecule has 0 aromatic rings. The molecule has 6 nitrogen and oxygen atoms in total. The van der Waals surface area contributed by atoms with E-state index in [9.17, 15) is 14.0 Å². The molecule has 0 aromatic carbocycles. The molecule has 0 atom stereocenters. The average molecular weight is 223 g/mol. The summed E-state index contributed by atoms with van der Waals surface area (Å²) in [5.41, 5.74) is 0.898. The van der Waals surface area contributed by atoms with Gasteiger partial charge in [0.05, 0.1) is 18.0 Å². The van der Waals surface area contributed by atoms with E-state index in [1.807, 2.05) is 0 Å². The van der Waals surface area contributed by atoms with Gasteiger partial charge in [0.15, 0.2) is 0 Å². The van der Waals surface area contributed by atoms with Crippen molar-refractivity contribution in [2.45, 2.75) is 13.8 Å². The van der Waals surface area contributed by atoms with Crippen LogP contribution in [0.4, 0.5) is 0 Å². The fraction of sp³-hybridized carbons (Fsp3) is 0.571. The van der Waals surface area contributed by atoms with Gasteiger partial charge in [-0.15, -0.1) is 0 Å². The zero-order valence-corrected chi connectivity index (χ0v) is 8.63. The number of rotatable bonds is 2. The topological polar surface area (TPSA) is 103 Å². The molecule has 1 aliphatic rings. The summed E-state index contributed by atoms with van der Waals surface area (Å²) >= 11 is 0. The van der Waals surface area contributed by atoms with Crippen LogP contribution in [0.5, 0.6) is 0 Å². The first-order valence-corrected chi connectivity index (χ1v) is 5.20. The van der Waals surface area contributed by atoms with E-state index in [1.165, 1.54) is 0 Å². The number of allylic oxidation sites excluding steroid dienone is 2. The van der Waals surface area contributed by atoms with E-state index in [0.717, 1.165) is 0 Å². The highest BCUT2D eigenvalue weighted by Crippen LogP contribution is 2.12. The van der Waals surface area contributed by atoms with E-state index in [0.29, 0.717) is 24.5 Å². The first-order valence-electron chi connectivity index (χ1n) is 3.96. The molecular weight excluding hydrogens is 212 g/mol. The smallest absolute Gasteiger partial charge is 0.327 e. The zero-order chi connectivity index (χ0) is 10.8. The van der Waals surface area contributed by atoms with Gasteiger partial charge in [0.2, 0.25) is 0 Å². The minimum atomic E-state index is -4.46. The van der Waals surface area contributed by atoms with E-state index < -0.39 is 10.2 Å². The van der Waals surface area contributed by atoms with Crippen molar-refractivity contribution in [2.24, 2.45) is 4.99 Å². The molecule has 1 heterocycles. The van der Waals surface area contributed by atoms with Gasteiger partial charge in [-0.2, -0.15) is 14.0 Å². The maximum atomic E-state index is 10.4. The molecule has 0 saturated heterocycles. The molecule has 0 spiro atoms. The number of halogens is 1. The molecule has 14 heavy (non-hydrogen) atoms. The number of nitrogens with zero attached hydrogens (tertiary/aromatic N) is 1. The Kier molecular flexibility index (Phi) is 3.33. The van der Waals surface area contributed by atoms with E-state index in [4.69, 9.17) is 0 Å². The Morgan fingerprint density at radius 2 is 2.00 bits per heavy atom. The fourth-order valence-electron chi connectivity index (χ4n) is 1.10. The summed E-state index contributed by atoms with van der Waals surface area (Å²) in [6.45, 7) is 4.32. The fourth-order valence-corrected chi connectivity index (χ4v) is 1.51. The first kappa shape index (κ1) is 11.3. The van der Waals surface area contributed by atoms with Crippen LogP contribution in [0.3, 0.4) is 0 Å². The Morgan fingerprint density at radius 1 is 1.36 bits per heavy atom. The van der Waals surface area contributed by atoms with Gasteiger partial charge in [-0.1, -0.05) is 4.29 Å². The molecule has 0 fully saturated rings. The van der Waals surface area contributed by atoms with Crippen molar-refractivity contribution < 1.29 is 28.5 Å². The molecular formula is C7H11ClN2O4. The maximum absolute atomic E-state index is 10.4. The highest BCUT2D eigenvalue weighted by molar-refractivity contribution is 5.97. The summed E-state index contributed by atoms with van der Waals surface area (Å²) in [6.07, 6.45) is 0. The van der Waals surface area contributed by atoms with Crippen molar-refractivity contribution in [3.05, 3.63) is 11.5 Å². The van der Waals surface area contributed by atoms with Gasteiger partial charge < -0.3 is 5.32 Å². The normalized spacial score (nSPS) is 18.5. The van der Waals surface area contributed by atoms with Crippen LogP contribution < -0.4 is 19.3 Å². The van der Waals surface area contributed by atoms with Crippen LogP contribution in [-0.2, 0) is 4.29 Å². The van der Waals surface area contributed by atoms with Crippen LogP contribution in [0, 0.1) is 10.2 Å². The molecule has 0 aromatic heterocycles. The summed E-state index contributed by atoms with van der Waals surface area (Å²) in [5, 5.41) is 2.88.